The van der Waals surface area contributed by atoms with Crippen molar-refractivity contribution in [3.63, 3.8) is 0 Å². The Bertz CT molecular complexity index is 432. The molecular formula is C11H11F2NO3. The summed E-state index contributed by atoms with van der Waals surface area (Å²) < 4.78 is 28.5. The van der Waals surface area contributed by atoms with E-state index in [1.54, 1.807) is 13.0 Å². The van der Waals surface area contributed by atoms with Crippen LogP contribution in [0.2, 0.25) is 0 Å². The maximum Gasteiger partial charge on any atom is 0.387 e. The lowest BCUT2D eigenvalue weighted by molar-refractivity contribution is -0.425. The molecule has 0 aliphatic rings. The fourth-order valence-electron chi connectivity index (χ4n) is 1.27. The minimum absolute atomic E-state index is 0.0599. The second-order valence-corrected chi connectivity index (χ2v) is 3.16. The van der Waals surface area contributed by atoms with Gasteiger partial charge < -0.3 is 4.74 Å². The van der Waals surface area contributed by atoms with E-state index in [2.05, 4.69) is 4.74 Å². The Kier molecular flexibility index (Phi) is 4.56. The average Bonchev–Trinajstić information content (AvgIpc) is 2.26. The van der Waals surface area contributed by atoms with E-state index in [0.29, 0.717) is 0 Å². The van der Waals surface area contributed by atoms with Crippen LogP contribution in [0.3, 0.4) is 0 Å². The highest BCUT2D eigenvalue weighted by molar-refractivity contribution is 5.58. The summed E-state index contributed by atoms with van der Waals surface area (Å²) >= 11 is 0. The minimum Gasteiger partial charge on any atom is -0.434 e. The first kappa shape index (κ1) is 13.1. The molecule has 0 radical (unpaired) electrons. The fourth-order valence-corrected chi connectivity index (χ4v) is 1.27. The van der Waals surface area contributed by atoms with Crippen molar-refractivity contribution in [2.45, 2.75) is 20.0 Å². The summed E-state index contributed by atoms with van der Waals surface area (Å²) in [6, 6.07) is 5.94. The van der Waals surface area contributed by atoms with Gasteiger partial charge in [0.05, 0.1) is 4.92 Å². The molecule has 0 bridgehead atoms. The molecule has 6 heteroatoms. The van der Waals surface area contributed by atoms with Gasteiger partial charge in [-0.15, -0.1) is 0 Å². The van der Waals surface area contributed by atoms with Crippen molar-refractivity contribution in [1.82, 2.24) is 0 Å². The van der Waals surface area contributed by atoms with Crippen LogP contribution in [-0.2, 0) is 0 Å². The molecule has 0 aliphatic carbocycles. The van der Waals surface area contributed by atoms with Crippen LogP contribution in [-0.4, -0.2) is 11.5 Å². The van der Waals surface area contributed by atoms with Crippen LogP contribution in [0.15, 0.2) is 30.0 Å². The zero-order chi connectivity index (χ0) is 12.8. The van der Waals surface area contributed by atoms with Gasteiger partial charge in [0.25, 0.3) is 0 Å². The SMILES string of the molecule is CC/C(=C\c1ccccc1OC(F)F)[N+](=O)[O-]. The number of hydrogen-bond donors (Lipinski definition) is 0. The maximum atomic E-state index is 12.1. The lowest BCUT2D eigenvalue weighted by atomic mass is 10.1. The number of alkyl halides is 2. The third kappa shape index (κ3) is 3.82. The first-order chi connectivity index (χ1) is 8.04. The molecule has 17 heavy (non-hydrogen) atoms. The third-order valence-corrected chi connectivity index (χ3v) is 2.05. The van der Waals surface area contributed by atoms with E-state index in [-0.39, 0.29) is 23.4 Å². The molecule has 0 saturated carbocycles. The molecule has 4 nitrogen and oxygen atoms in total. The normalized spacial score (nSPS) is 11.6. The number of nitrogens with zero attached hydrogens (tertiary/aromatic N) is 1. The van der Waals surface area contributed by atoms with Crippen LogP contribution in [0, 0.1) is 10.1 Å². The van der Waals surface area contributed by atoms with Gasteiger partial charge in [0.2, 0.25) is 5.70 Å². The Hall–Kier alpha value is -1.98. The van der Waals surface area contributed by atoms with Crippen LogP contribution in [0.4, 0.5) is 8.78 Å². The van der Waals surface area contributed by atoms with Gasteiger partial charge in [0.15, 0.2) is 0 Å². The molecule has 0 atom stereocenters. The smallest absolute Gasteiger partial charge is 0.387 e. The molecule has 0 heterocycles. The van der Waals surface area contributed by atoms with Crippen molar-refractivity contribution >= 4 is 6.08 Å². The Labute approximate surface area is 96.7 Å². The summed E-state index contributed by atoms with van der Waals surface area (Å²) in [6.45, 7) is -1.34. The van der Waals surface area contributed by atoms with E-state index in [9.17, 15) is 18.9 Å². The highest BCUT2D eigenvalue weighted by atomic mass is 19.3. The number of hydrogen-bond acceptors (Lipinski definition) is 3. The molecule has 0 aliphatic heterocycles. The molecule has 0 unspecified atom stereocenters. The maximum absolute atomic E-state index is 12.1. The highest BCUT2D eigenvalue weighted by Crippen LogP contribution is 2.23. The molecule has 0 N–H and O–H groups in total. The van der Waals surface area contributed by atoms with Gasteiger partial charge in [-0.1, -0.05) is 25.1 Å². The van der Waals surface area contributed by atoms with Crippen LogP contribution in [0.1, 0.15) is 18.9 Å². The first-order valence-corrected chi connectivity index (χ1v) is 4.93. The van der Waals surface area contributed by atoms with E-state index in [1.165, 1.54) is 24.3 Å². The van der Waals surface area contributed by atoms with Crippen molar-refractivity contribution in [1.29, 1.82) is 0 Å². The topological polar surface area (TPSA) is 52.4 Å². The van der Waals surface area contributed by atoms with Crippen molar-refractivity contribution in [2.75, 3.05) is 0 Å². The van der Waals surface area contributed by atoms with Gasteiger partial charge in [-0.2, -0.15) is 8.78 Å². The van der Waals surface area contributed by atoms with Gasteiger partial charge in [0.1, 0.15) is 5.75 Å². The van der Waals surface area contributed by atoms with Gasteiger partial charge >= 0.3 is 6.61 Å². The molecule has 0 amide bonds. The predicted octanol–water partition coefficient (Wildman–Crippen LogP) is 3.32. The van der Waals surface area contributed by atoms with Crippen molar-refractivity contribution < 1.29 is 18.4 Å². The summed E-state index contributed by atoms with van der Waals surface area (Å²) in [7, 11) is 0. The van der Waals surface area contributed by atoms with E-state index < -0.39 is 11.5 Å². The summed E-state index contributed by atoms with van der Waals surface area (Å²) in [6.07, 6.45) is 1.44. The van der Waals surface area contributed by atoms with Crippen molar-refractivity contribution in [3.8, 4) is 5.75 Å². The van der Waals surface area contributed by atoms with E-state index >= 15 is 0 Å². The molecule has 1 rings (SSSR count). The molecule has 0 saturated heterocycles. The standard InChI is InChI=1S/C11H11F2NO3/c1-2-9(14(15)16)7-8-5-3-4-6-10(8)17-11(12)13/h3-7,11H,2H2,1H3/b9-7+. The Morgan fingerprint density at radius 2 is 2.18 bits per heavy atom. The van der Waals surface area contributed by atoms with Crippen LogP contribution >= 0.6 is 0 Å². The second kappa shape index (κ2) is 5.93. The minimum atomic E-state index is -2.95. The van der Waals surface area contributed by atoms with Crippen LogP contribution < -0.4 is 4.74 Å². The zero-order valence-electron chi connectivity index (χ0n) is 9.10. The second-order valence-electron chi connectivity index (χ2n) is 3.16. The molecule has 92 valence electrons. The van der Waals surface area contributed by atoms with Gasteiger partial charge in [0, 0.05) is 18.1 Å². The number of ether oxygens (including phenoxy) is 1. The number of rotatable bonds is 5. The van der Waals surface area contributed by atoms with Crippen molar-refractivity contribution in [2.24, 2.45) is 0 Å². The summed E-state index contributed by atoms with van der Waals surface area (Å²) in [5.41, 5.74) is 0.205. The van der Waals surface area contributed by atoms with Gasteiger partial charge in [-0.05, 0) is 6.07 Å². The third-order valence-electron chi connectivity index (χ3n) is 2.05. The van der Waals surface area contributed by atoms with E-state index in [0.717, 1.165) is 0 Å². The fraction of sp³-hybridized carbons (Fsp3) is 0.273. The largest absolute Gasteiger partial charge is 0.434 e. The monoisotopic (exact) mass is 243 g/mol. The summed E-state index contributed by atoms with van der Waals surface area (Å²) in [4.78, 5) is 10.1. The highest BCUT2D eigenvalue weighted by Gasteiger charge is 2.12. The molecular weight excluding hydrogens is 232 g/mol. The van der Waals surface area contributed by atoms with Crippen molar-refractivity contribution in [3.05, 3.63) is 45.6 Å². The average molecular weight is 243 g/mol. The zero-order valence-corrected chi connectivity index (χ0v) is 9.10. The van der Waals surface area contributed by atoms with Crippen LogP contribution in [0.5, 0.6) is 5.75 Å². The number of nitro groups is 1. The summed E-state index contributed by atoms with van der Waals surface area (Å²) in [5.74, 6) is -0.0738. The number of para-hydroxylation sites is 1. The quantitative estimate of drug-likeness (QED) is 0.588. The van der Waals surface area contributed by atoms with E-state index in [1.807, 2.05) is 0 Å². The van der Waals surface area contributed by atoms with E-state index in [4.69, 9.17) is 0 Å². The first-order valence-electron chi connectivity index (χ1n) is 4.93. The molecule has 0 fully saturated rings. The molecule has 1 aromatic rings. The van der Waals surface area contributed by atoms with Crippen LogP contribution in [0.25, 0.3) is 6.08 Å². The molecule has 1 aromatic carbocycles. The lowest BCUT2D eigenvalue weighted by Crippen LogP contribution is -2.04. The number of benzene rings is 1. The number of allylic oxidation sites excluding steroid dienone is 1. The Morgan fingerprint density at radius 3 is 2.71 bits per heavy atom. The van der Waals surface area contributed by atoms with Gasteiger partial charge in [-0.3, -0.25) is 10.1 Å². The predicted molar refractivity (Wildman–Crippen MR) is 58.3 cm³/mol. The molecule has 0 spiro atoms. The summed E-state index contributed by atoms with van der Waals surface area (Å²) in [5, 5.41) is 10.6. The number of halogens is 2. The lowest BCUT2D eigenvalue weighted by Gasteiger charge is -2.07. The molecule has 0 aromatic heterocycles. The Morgan fingerprint density at radius 1 is 1.53 bits per heavy atom. The van der Waals surface area contributed by atoms with Gasteiger partial charge in [-0.25, -0.2) is 0 Å². The Balaban J connectivity index is 3.08.